The summed E-state index contributed by atoms with van der Waals surface area (Å²) in [5.41, 5.74) is 0.625. The number of hydrogen-bond acceptors (Lipinski definition) is 7. The van der Waals surface area contributed by atoms with Crippen molar-refractivity contribution in [3.63, 3.8) is 0 Å². The first-order valence-electron chi connectivity index (χ1n) is 13.1. The molecule has 1 N–H and O–H groups in total. The Morgan fingerprint density at radius 3 is 2.26 bits per heavy atom. The van der Waals surface area contributed by atoms with Gasteiger partial charge in [0.15, 0.2) is 17.3 Å². The van der Waals surface area contributed by atoms with Crippen molar-refractivity contribution in [1.82, 2.24) is 19.7 Å². The maximum atomic E-state index is 13.6. The second-order valence-corrected chi connectivity index (χ2v) is 10.2. The molecule has 42 heavy (non-hydrogen) atoms. The Labute approximate surface area is 244 Å². The molecule has 0 saturated carbocycles. The topological polar surface area (TPSA) is 116 Å². The van der Waals surface area contributed by atoms with Crippen LogP contribution in [0.5, 0.6) is 11.5 Å². The van der Waals surface area contributed by atoms with Gasteiger partial charge in [-0.2, -0.15) is 13.2 Å². The molecule has 10 nitrogen and oxygen atoms in total. The molecule has 14 heteroatoms. The molecule has 0 radical (unpaired) electrons. The zero-order valence-electron chi connectivity index (χ0n) is 22.9. The van der Waals surface area contributed by atoms with Crippen LogP contribution in [0.1, 0.15) is 49.0 Å². The number of aromatic nitrogens is 3. The van der Waals surface area contributed by atoms with E-state index in [1.165, 1.54) is 18.2 Å². The average molecular weight is 611 g/mol. The van der Waals surface area contributed by atoms with Crippen LogP contribution in [-0.4, -0.2) is 64.0 Å². The number of likely N-dealkylation sites (tertiary alicyclic amines) is 1. The van der Waals surface area contributed by atoms with Gasteiger partial charge >= 0.3 is 12.1 Å². The minimum absolute atomic E-state index is 0.00220. The van der Waals surface area contributed by atoms with Crippen LogP contribution in [0.3, 0.4) is 0 Å². The molecule has 0 aliphatic carbocycles. The van der Waals surface area contributed by atoms with E-state index < -0.39 is 24.1 Å². The number of carbonyl (C=O) groups excluding carboxylic acids is 1. The van der Waals surface area contributed by atoms with Gasteiger partial charge in [-0.1, -0.05) is 23.7 Å². The van der Waals surface area contributed by atoms with E-state index in [0.717, 1.165) is 16.1 Å². The summed E-state index contributed by atoms with van der Waals surface area (Å²) in [7, 11) is 3.25. The van der Waals surface area contributed by atoms with Gasteiger partial charge in [-0.05, 0) is 49.1 Å². The molecular formula is C28H30ClF3N4O6. The summed E-state index contributed by atoms with van der Waals surface area (Å²) in [6.45, 7) is 0.731. The first-order chi connectivity index (χ1) is 20.0. The van der Waals surface area contributed by atoms with Crippen molar-refractivity contribution in [2.75, 3.05) is 27.3 Å². The first-order valence-corrected chi connectivity index (χ1v) is 13.5. The summed E-state index contributed by atoms with van der Waals surface area (Å²) >= 11 is 6.01. The van der Waals surface area contributed by atoms with Crippen molar-refractivity contribution in [2.45, 2.75) is 44.6 Å². The van der Waals surface area contributed by atoms with E-state index in [2.05, 4.69) is 10.2 Å². The van der Waals surface area contributed by atoms with Gasteiger partial charge < -0.3 is 24.2 Å². The molecule has 1 aromatic heterocycles. The number of amides is 1. The first kappa shape index (κ1) is 31.1. The Balaban J connectivity index is 0.000000343. The molecule has 0 spiro atoms. The van der Waals surface area contributed by atoms with Gasteiger partial charge in [0, 0.05) is 30.1 Å². The third-order valence-corrected chi connectivity index (χ3v) is 7.27. The molecule has 1 fully saturated rings. The Morgan fingerprint density at radius 2 is 1.69 bits per heavy atom. The van der Waals surface area contributed by atoms with Crippen LogP contribution in [0.15, 0.2) is 42.5 Å². The van der Waals surface area contributed by atoms with Gasteiger partial charge in [-0.25, -0.2) is 0 Å². The predicted molar refractivity (Wildman–Crippen MR) is 145 cm³/mol. The van der Waals surface area contributed by atoms with Crippen LogP contribution in [0.25, 0.3) is 5.69 Å². The number of carboxylic acid groups (broad SMARTS) is 1. The van der Waals surface area contributed by atoms with E-state index >= 15 is 0 Å². The molecule has 3 aromatic rings. The standard InChI is InChI=1S/C20H20ClF3N4O4.C8H10O2/c21-13-1-2-14-12(8-13)10-32-15(18-25-26-19(28(14)18)20(22,23)24)9-16(29)27-5-3-11(4-6-27)7-17(30)31;1-9-7-5-3-4-6-8(7)10-2/h1-2,8,11,15H,3-7,9-10H2,(H,30,31);3-6H,1-2H3/t15-;/m0./s1. The largest absolute Gasteiger partial charge is 0.493 e. The normalized spacial score (nSPS) is 16.8. The van der Waals surface area contributed by atoms with Crippen LogP contribution < -0.4 is 9.47 Å². The van der Waals surface area contributed by atoms with E-state index in [0.29, 0.717) is 36.5 Å². The molecule has 5 rings (SSSR count). The third kappa shape index (κ3) is 7.32. The highest BCUT2D eigenvalue weighted by Gasteiger charge is 2.42. The van der Waals surface area contributed by atoms with Crippen molar-refractivity contribution < 1.29 is 42.1 Å². The van der Waals surface area contributed by atoms with Gasteiger partial charge in [-0.3, -0.25) is 14.2 Å². The van der Waals surface area contributed by atoms with E-state index in [1.54, 1.807) is 19.1 Å². The number of carbonyl (C=O) groups is 2. The van der Waals surface area contributed by atoms with Crippen LogP contribution >= 0.6 is 11.6 Å². The van der Waals surface area contributed by atoms with Gasteiger partial charge in [0.2, 0.25) is 11.7 Å². The number of rotatable bonds is 6. The number of methoxy groups -OCH3 is 2. The third-order valence-electron chi connectivity index (χ3n) is 7.03. The van der Waals surface area contributed by atoms with Crippen LogP contribution in [-0.2, 0) is 27.1 Å². The molecule has 2 aliphatic rings. The molecule has 2 aromatic carbocycles. The minimum atomic E-state index is -4.76. The van der Waals surface area contributed by atoms with Gasteiger partial charge in [0.25, 0.3) is 0 Å². The fraction of sp³-hybridized carbons (Fsp3) is 0.429. The number of para-hydroxylation sites is 2. The van der Waals surface area contributed by atoms with Crippen LogP contribution in [0.2, 0.25) is 5.02 Å². The number of nitrogens with zero attached hydrogens (tertiary/aromatic N) is 4. The number of piperidine rings is 1. The van der Waals surface area contributed by atoms with Crippen LogP contribution in [0.4, 0.5) is 13.2 Å². The van der Waals surface area contributed by atoms with Gasteiger partial charge in [-0.15, -0.1) is 10.2 Å². The highest BCUT2D eigenvalue weighted by molar-refractivity contribution is 6.30. The lowest BCUT2D eigenvalue weighted by Crippen LogP contribution is -2.39. The van der Waals surface area contributed by atoms with Crippen molar-refractivity contribution in [3.05, 3.63) is 64.7 Å². The zero-order chi connectivity index (χ0) is 30.4. The number of ether oxygens (including phenoxy) is 3. The summed E-state index contributed by atoms with van der Waals surface area (Å²) in [6, 6.07) is 12.0. The molecule has 1 saturated heterocycles. The Kier molecular flexibility index (Phi) is 9.94. The Bertz CT molecular complexity index is 1390. The van der Waals surface area contributed by atoms with E-state index in [1.807, 2.05) is 24.3 Å². The molecule has 1 atom stereocenters. The average Bonchev–Trinajstić information content (AvgIpc) is 3.35. The molecular weight excluding hydrogens is 581 g/mol. The smallest absolute Gasteiger partial charge is 0.452 e. The second-order valence-electron chi connectivity index (χ2n) is 9.77. The lowest BCUT2D eigenvalue weighted by molar-refractivity contribution is -0.146. The highest BCUT2D eigenvalue weighted by Crippen LogP contribution is 2.38. The van der Waals surface area contributed by atoms with Gasteiger partial charge in [0.05, 0.1) is 32.9 Å². The number of halogens is 4. The SMILES string of the molecule is COc1ccccc1OC.O=C(O)CC1CCN(C(=O)C[C@@H]2OCc3cc(Cl)ccc3-n3c2nnc3C(F)(F)F)CC1. The van der Waals surface area contributed by atoms with Crippen molar-refractivity contribution in [1.29, 1.82) is 0 Å². The lowest BCUT2D eigenvalue weighted by atomic mass is 9.93. The fourth-order valence-corrected chi connectivity index (χ4v) is 5.13. The Hall–Kier alpha value is -3.84. The van der Waals surface area contributed by atoms with E-state index in [-0.39, 0.29) is 42.8 Å². The summed E-state index contributed by atoms with van der Waals surface area (Å²) in [5, 5.41) is 16.3. The monoisotopic (exact) mass is 610 g/mol. The second kappa shape index (κ2) is 13.4. The molecule has 0 bridgehead atoms. The molecule has 226 valence electrons. The van der Waals surface area contributed by atoms with Crippen molar-refractivity contribution in [2.24, 2.45) is 5.92 Å². The minimum Gasteiger partial charge on any atom is -0.493 e. The number of alkyl halides is 3. The maximum Gasteiger partial charge on any atom is 0.452 e. The Morgan fingerprint density at radius 1 is 1.05 bits per heavy atom. The predicted octanol–water partition coefficient (Wildman–Crippen LogP) is 5.32. The molecule has 1 amide bonds. The van der Waals surface area contributed by atoms with Crippen molar-refractivity contribution in [3.8, 4) is 17.2 Å². The lowest BCUT2D eigenvalue weighted by Gasteiger charge is -2.32. The molecule has 0 unspecified atom stereocenters. The summed E-state index contributed by atoms with van der Waals surface area (Å²) in [4.78, 5) is 25.3. The quantitative estimate of drug-likeness (QED) is 0.399. The van der Waals surface area contributed by atoms with Gasteiger partial charge in [0.1, 0.15) is 6.10 Å². The number of hydrogen-bond donors (Lipinski definition) is 1. The number of fused-ring (bicyclic) bond motifs is 3. The summed E-state index contributed by atoms with van der Waals surface area (Å²) in [5.74, 6) is -0.935. The summed E-state index contributed by atoms with van der Waals surface area (Å²) in [6.07, 6.45) is -4.83. The maximum absolute atomic E-state index is 13.6. The molecule has 2 aliphatic heterocycles. The summed E-state index contributed by atoms with van der Waals surface area (Å²) < 4.78 is 57.6. The number of aliphatic carboxylic acids is 1. The van der Waals surface area contributed by atoms with E-state index in [9.17, 15) is 22.8 Å². The molecule has 3 heterocycles. The highest BCUT2D eigenvalue weighted by atomic mass is 35.5. The van der Waals surface area contributed by atoms with Crippen molar-refractivity contribution >= 4 is 23.5 Å². The number of carboxylic acids is 1. The fourth-order valence-electron chi connectivity index (χ4n) is 4.94. The zero-order valence-corrected chi connectivity index (χ0v) is 23.7. The van der Waals surface area contributed by atoms with E-state index in [4.69, 9.17) is 30.9 Å². The number of benzene rings is 2. The van der Waals surface area contributed by atoms with Crippen LogP contribution in [0, 0.1) is 5.92 Å².